The van der Waals surface area contributed by atoms with Crippen LogP contribution in [0.2, 0.25) is 0 Å². The van der Waals surface area contributed by atoms with Crippen LogP contribution in [0.3, 0.4) is 0 Å². The lowest BCUT2D eigenvalue weighted by atomic mass is 9.63. The van der Waals surface area contributed by atoms with Crippen molar-refractivity contribution in [2.45, 2.75) is 37.6 Å². The fraction of sp³-hybridized carbons (Fsp3) is 0.500. The molecule has 0 bridgehead atoms. The molecule has 1 aromatic carbocycles. The van der Waals surface area contributed by atoms with Gasteiger partial charge < -0.3 is 10.6 Å². The third-order valence-electron chi connectivity index (χ3n) is 4.39. The van der Waals surface area contributed by atoms with Crippen molar-refractivity contribution in [2.75, 3.05) is 11.9 Å². The first kappa shape index (κ1) is 10.8. The van der Waals surface area contributed by atoms with Crippen molar-refractivity contribution >= 4 is 11.6 Å². The van der Waals surface area contributed by atoms with E-state index >= 15 is 0 Å². The Kier molecular flexibility index (Phi) is 2.11. The molecule has 1 aromatic rings. The van der Waals surface area contributed by atoms with Gasteiger partial charge in [0.1, 0.15) is 0 Å². The van der Waals surface area contributed by atoms with Crippen LogP contribution in [0.25, 0.3) is 0 Å². The lowest BCUT2D eigenvalue weighted by Gasteiger charge is -2.47. The average Bonchev–Trinajstić information content (AvgIpc) is 2.57. The van der Waals surface area contributed by atoms with Gasteiger partial charge >= 0.3 is 0 Å². The molecule has 1 fully saturated rings. The van der Waals surface area contributed by atoms with Crippen molar-refractivity contribution < 1.29 is 4.79 Å². The third-order valence-corrected chi connectivity index (χ3v) is 4.39. The Morgan fingerprint density at radius 1 is 1.24 bits per heavy atom. The minimum absolute atomic E-state index is 0.149. The highest BCUT2D eigenvalue weighted by Gasteiger charge is 2.57. The minimum atomic E-state index is -0.401. The molecule has 0 aromatic heterocycles. The number of nitrogens with one attached hydrogen (secondary N) is 2. The summed E-state index contributed by atoms with van der Waals surface area (Å²) in [4.78, 5) is 12.5. The van der Waals surface area contributed by atoms with Crippen molar-refractivity contribution in [1.82, 2.24) is 5.32 Å². The SMILES string of the molecule is CC1(C)NCCCC12C(=O)Nc1ccccc12. The van der Waals surface area contributed by atoms with Gasteiger partial charge in [0, 0.05) is 11.2 Å². The highest BCUT2D eigenvalue weighted by molar-refractivity contribution is 6.07. The summed E-state index contributed by atoms with van der Waals surface area (Å²) in [5.74, 6) is 0.149. The second-order valence-corrected chi connectivity index (χ2v) is 5.56. The van der Waals surface area contributed by atoms with E-state index in [0.29, 0.717) is 0 Å². The first-order chi connectivity index (χ1) is 8.08. The van der Waals surface area contributed by atoms with E-state index in [1.165, 1.54) is 0 Å². The topological polar surface area (TPSA) is 41.1 Å². The number of hydrogen-bond acceptors (Lipinski definition) is 2. The molecule has 3 heteroatoms. The largest absolute Gasteiger partial charge is 0.325 e. The maximum Gasteiger partial charge on any atom is 0.236 e. The lowest BCUT2D eigenvalue weighted by molar-refractivity contribution is -0.124. The number of anilines is 1. The maximum absolute atomic E-state index is 12.5. The Bertz CT molecular complexity index is 481. The van der Waals surface area contributed by atoms with E-state index in [-0.39, 0.29) is 11.4 Å². The molecule has 2 heterocycles. The average molecular weight is 230 g/mol. The molecule has 1 atom stereocenters. The van der Waals surface area contributed by atoms with Crippen molar-refractivity contribution in [3.05, 3.63) is 29.8 Å². The van der Waals surface area contributed by atoms with Gasteiger partial charge in [0.15, 0.2) is 0 Å². The zero-order chi connectivity index (χ0) is 12.1. The van der Waals surface area contributed by atoms with E-state index < -0.39 is 5.41 Å². The predicted molar refractivity (Wildman–Crippen MR) is 68.1 cm³/mol. The molecular weight excluding hydrogens is 212 g/mol. The van der Waals surface area contributed by atoms with Gasteiger partial charge in [-0.25, -0.2) is 0 Å². The van der Waals surface area contributed by atoms with Crippen molar-refractivity contribution in [3.63, 3.8) is 0 Å². The molecule has 3 rings (SSSR count). The Hall–Kier alpha value is -1.35. The van der Waals surface area contributed by atoms with Gasteiger partial charge in [-0.1, -0.05) is 18.2 Å². The summed E-state index contributed by atoms with van der Waals surface area (Å²) in [7, 11) is 0. The van der Waals surface area contributed by atoms with E-state index in [1.54, 1.807) is 0 Å². The number of piperidine rings is 1. The number of fused-ring (bicyclic) bond motifs is 2. The number of carbonyl (C=O) groups excluding carboxylic acids is 1. The second-order valence-electron chi connectivity index (χ2n) is 5.56. The normalized spacial score (nSPS) is 30.1. The molecule has 2 aliphatic heterocycles. The molecule has 0 saturated carbocycles. The van der Waals surface area contributed by atoms with Crippen LogP contribution in [0.15, 0.2) is 24.3 Å². The van der Waals surface area contributed by atoms with Crippen LogP contribution in [0.4, 0.5) is 5.69 Å². The fourth-order valence-corrected chi connectivity index (χ4v) is 3.40. The number of hydrogen-bond donors (Lipinski definition) is 2. The van der Waals surface area contributed by atoms with E-state index in [0.717, 1.165) is 30.6 Å². The first-order valence-corrected chi connectivity index (χ1v) is 6.24. The van der Waals surface area contributed by atoms with Crippen LogP contribution >= 0.6 is 0 Å². The number of benzene rings is 1. The highest BCUT2D eigenvalue weighted by Crippen LogP contribution is 2.49. The summed E-state index contributed by atoms with van der Waals surface area (Å²) >= 11 is 0. The molecule has 17 heavy (non-hydrogen) atoms. The third kappa shape index (κ3) is 1.23. The lowest BCUT2D eigenvalue weighted by Crippen LogP contribution is -2.63. The van der Waals surface area contributed by atoms with Gasteiger partial charge in [-0.2, -0.15) is 0 Å². The number of amides is 1. The number of carbonyl (C=O) groups is 1. The molecule has 0 aliphatic carbocycles. The molecule has 2 aliphatic rings. The Labute approximate surface area is 102 Å². The summed E-state index contributed by atoms with van der Waals surface area (Å²) in [5, 5.41) is 6.54. The van der Waals surface area contributed by atoms with Gasteiger partial charge in [-0.05, 0) is 44.9 Å². The van der Waals surface area contributed by atoms with Crippen molar-refractivity contribution in [1.29, 1.82) is 0 Å². The molecule has 1 amide bonds. The monoisotopic (exact) mass is 230 g/mol. The summed E-state index contributed by atoms with van der Waals surface area (Å²) in [6.07, 6.45) is 1.97. The van der Waals surface area contributed by atoms with Crippen LogP contribution in [0, 0.1) is 0 Å². The summed E-state index contributed by atoms with van der Waals surface area (Å²) < 4.78 is 0. The second kappa shape index (κ2) is 3.33. The standard InChI is InChI=1S/C14H18N2O/c1-13(2)14(8-5-9-15-13)10-6-3-4-7-11(10)16-12(14)17/h3-4,6-7,15H,5,8-9H2,1-2H3,(H,16,17). The van der Waals surface area contributed by atoms with Crippen molar-refractivity contribution in [2.24, 2.45) is 0 Å². The minimum Gasteiger partial charge on any atom is -0.325 e. The quantitative estimate of drug-likeness (QED) is 0.716. The van der Waals surface area contributed by atoms with Crippen molar-refractivity contribution in [3.8, 4) is 0 Å². The van der Waals surface area contributed by atoms with Crippen LogP contribution in [-0.2, 0) is 10.2 Å². The van der Waals surface area contributed by atoms with Crippen LogP contribution < -0.4 is 10.6 Å². The zero-order valence-corrected chi connectivity index (χ0v) is 10.3. The van der Waals surface area contributed by atoms with Crippen LogP contribution in [0.1, 0.15) is 32.3 Å². The first-order valence-electron chi connectivity index (χ1n) is 6.24. The molecule has 1 unspecified atom stereocenters. The van der Waals surface area contributed by atoms with E-state index in [1.807, 2.05) is 18.2 Å². The van der Waals surface area contributed by atoms with Gasteiger partial charge in [-0.3, -0.25) is 4.79 Å². The van der Waals surface area contributed by atoms with Gasteiger partial charge in [0.2, 0.25) is 5.91 Å². The molecule has 3 nitrogen and oxygen atoms in total. The summed E-state index contributed by atoms with van der Waals surface area (Å²) in [6, 6.07) is 8.07. The fourth-order valence-electron chi connectivity index (χ4n) is 3.40. The Balaban J connectivity index is 2.21. The molecule has 90 valence electrons. The summed E-state index contributed by atoms with van der Waals surface area (Å²) in [5.41, 5.74) is 1.54. The van der Waals surface area contributed by atoms with Gasteiger partial charge in [-0.15, -0.1) is 0 Å². The van der Waals surface area contributed by atoms with Crippen LogP contribution in [-0.4, -0.2) is 18.0 Å². The number of para-hydroxylation sites is 1. The smallest absolute Gasteiger partial charge is 0.236 e. The molecule has 1 saturated heterocycles. The molecular formula is C14H18N2O. The maximum atomic E-state index is 12.5. The number of rotatable bonds is 0. The van der Waals surface area contributed by atoms with Crippen LogP contribution in [0.5, 0.6) is 0 Å². The zero-order valence-electron chi connectivity index (χ0n) is 10.3. The van der Waals surface area contributed by atoms with E-state index in [9.17, 15) is 4.79 Å². The summed E-state index contributed by atoms with van der Waals surface area (Å²) in [6.45, 7) is 5.26. The molecule has 0 radical (unpaired) electrons. The van der Waals surface area contributed by atoms with Gasteiger partial charge in [0.05, 0.1) is 5.41 Å². The Morgan fingerprint density at radius 2 is 2.00 bits per heavy atom. The predicted octanol–water partition coefficient (Wildman–Crippen LogP) is 2.04. The molecule has 1 spiro atoms. The van der Waals surface area contributed by atoms with E-state index in [2.05, 4.69) is 30.5 Å². The highest BCUT2D eigenvalue weighted by atomic mass is 16.2. The van der Waals surface area contributed by atoms with E-state index in [4.69, 9.17) is 0 Å². The Morgan fingerprint density at radius 3 is 2.76 bits per heavy atom. The van der Waals surface area contributed by atoms with Gasteiger partial charge in [0.25, 0.3) is 0 Å². The molecule has 2 N–H and O–H groups in total.